The van der Waals surface area contributed by atoms with Gasteiger partial charge in [-0.1, -0.05) is 25.7 Å². The second-order valence-corrected chi connectivity index (χ2v) is 6.43. The first kappa shape index (κ1) is 14.4. The number of hydrogen-bond donors (Lipinski definition) is 2. The zero-order chi connectivity index (χ0) is 12.9. The number of nitrogens with one attached hydrogen (secondary N) is 2. The summed E-state index contributed by atoms with van der Waals surface area (Å²) in [4.78, 5) is 0. The van der Waals surface area contributed by atoms with E-state index in [0.29, 0.717) is 12.8 Å². The first-order chi connectivity index (χ1) is 7.89. The first-order valence-corrected chi connectivity index (χ1v) is 7.60. The van der Waals surface area contributed by atoms with Crippen molar-refractivity contribution in [3.63, 3.8) is 0 Å². The van der Waals surface area contributed by atoms with Crippen LogP contribution in [0.3, 0.4) is 0 Å². The molecule has 1 aliphatic rings. The monoisotopic (exact) mass is 259 g/mol. The third-order valence-electron chi connectivity index (χ3n) is 2.89. The fourth-order valence-corrected chi connectivity index (χ4v) is 3.61. The van der Waals surface area contributed by atoms with Gasteiger partial charge in [0.05, 0.1) is 6.07 Å². The van der Waals surface area contributed by atoms with Crippen LogP contribution in [0.15, 0.2) is 0 Å². The second kappa shape index (κ2) is 5.80. The van der Waals surface area contributed by atoms with E-state index in [1.807, 2.05) is 0 Å². The van der Waals surface area contributed by atoms with Gasteiger partial charge in [-0.2, -0.15) is 23.1 Å². The molecule has 0 saturated heterocycles. The van der Waals surface area contributed by atoms with Crippen molar-refractivity contribution in [2.75, 3.05) is 0 Å². The fraction of sp³-hybridized carbons (Fsp3) is 0.909. The molecule has 0 atom stereocenters. The number of nitrogens with zero attached hydrogens (tertiary/aromatic N) is 1. The summed E-state index contributed by atoms with van der Waals surface area (Å²) >= 11 is 0. The molecule has 1 aliphatic carbocycles. The summed E-state index contributed by atoms with van der Waals surface area (Å²) in [5.74, 6) is 0. The molecule has 0 heterocycles. The van der Waals surface area contributed by atoms with Gasteiger partial charge in [0.1, 0.15) is 5.54 Å². The summed E-state index contributed by atoms with van der Waals surface area (Å²) in [6, 6.07) is 1.98. The molecular formula is C11H21N3O2S. The zero-order valence-electron chi connectivity index (χ0n) is 10.5. The van der Waals surface area contributed by atoms with Gasteiger partial charge in [0, 0.05) is 6.04 Å². The largest absolute Gasteiger partial charge is 0.278 e. The van der Waals surface area contributed by atoms with Gasteiger partial charge < -0.3 is 0 Å². The van der Waals surface area contributed by atoms with E-state index in [9.17, 15) is 13.7 Å². The molecule has 0 unspecified atom stereocenters. The van der Waals surface area contributed by atoms with Crippen LogP contribution in [0.1, 0.15) is 52.4 Å². The van der Waals surface area contributed by atoms with Gasteiger partial charge >= 0.3 is 0 Å². The second-order valence-electron chi connectivity index (χ2n) is 4.99. The topological polar surface area (TPSA) is 82.0 Å². The van der Waals surface area contributed by atoms with Crippen LogP contribution in [0, 0.1) is 11.3 Å². The van der Waals surface area contributed by atoms with Crippen molar-refractivity contribution in [3.05, 3.63) is 0 Å². The molecule has 0 aliphatic heterocycles. The van der Waals surface area contributed by atoms with Crippen molar-refractivity contribution in [2.45, 2.75) is 64.0 Å². The minimum atomic E-state index is -3.59. The average molecular weight is 259 g/mol. The molecule has 5 nitrogen and oxygen atoms in total. The lowest BCUT2D eigenvalue weighted by molar-refractivity contribution is 0.417. The van der Waals surface area contributed by atoms with Crippen LogP contribution in [0.4, 0.5) is 0 Å². The molecule has 0 aromatic heterocycles. The van der Waals surface area contributed by atoms with Crippen LogP contribution in [-0.2, 0) is 10.2 Å². The van der Waals surface area contributed by atoms with E-state index in [-0.39, 0.29) is 6.04 Å². The molecule has 0 amide bonds. The van der Waals surface area contributed by atoms with Crippen LogP contribution in [0.5, 0.6) is 0 Å². The Morgan fingerprint density at radius 2 is 1.71 bits per heavy atom. The van der Waals surface area contributed by atoms with Crippen molar-refractivity contribution in [2.24, 2.45) is 0 Å². The molecule has 0 radical (unpaired) electrons. The quantitative estimate of drug-likeness (QED) is 0.749. The van der Waals surface area contributed by atoms with Crippen molar-refractivity contribution >= 4 is 10.2 Å². The summed E-state index contributed by atoms with van der Waals surface area (Å²) in [6.45, 7) is 3.51. The summed E-state index contributed by atoms with van der Waals surface area (Å²) in [5.41, 5.74) is -0.919. The molecular weight excluding hydrogens is 238 g/mol. The molecule has 98 valence electrons. The van der Waals surface area contributed by atoms with Crippen molar-refractivity contribution in [1.82, 2.24) is 9.44 Å². The van der Waals surface area contributed by atoms with E-state index >= 15 is 0 Å². The van der Waals surface area contributed by atoms with E-state index in [0.717, 1.165) is 25.7 Å². The third-order valence-corrected chi connectivity index (χ3v) is 4.33. The Labute approximate surface area is 104 Å². The SMILES string of the molecule is CC(C)NS(=O)(=O)NC1(C#N)CCCCCC1. The van der Waals surface area contributed by atoms with Crippen LogP contribution < -0.4 is 9.44 Å². The van der Waals surface area contributed by atoms with E-state index in [1.54, 1.807) is 13.8 Å². The van der Waals surface area contributed by atoms with E-state index in [2.05, 4.69) is 15.5 Å². The number of nitriles is 1. The summed E-state index contributed by atoms with van der Waals surface area (Å²) < 4.78 is 28.6. The normalized spacial score (nSPS) is 20.8. The molecule has 1 rings (SSSR count). The van der Waals surface area contributed by atoms with E-state index in [1.165, 1.54) is 0 Å². The fourth-order valence-electron chi connectivity index (χ4n) is 2.17. The maximum absolute atomic E-state index is 11.8. The summed E-state index contributed by atoms with van der Waals surface area (Å²) in [7, 11) is -3.59. The standard InChI is InChI=1S/C11H21N3O2S/c1-10(2)13-17(15,16)14-11(9-12)7-5-3-4-6-8-11/h10,13-14H,3-8H2,1-2H3. The third kappa shape index (κ3) is 4.62. The highest BCUT2D eigenvalue weighted by Gasteiger charge is 2.35. The lowest BCUT2D eigenvalue weighted by Crippen LogP contribution is -2.52. The van der Waals surface area contributed by atoms with Crippen LogP contribution in [-0.4, -0.2) is 20.0 Å². The minimum Gasteiger partial charge on any atom is -0.200 e. The Kier molecular flexibility index (Phi) is 4.92. The van der Waals surface area contributed by atoms with Gasteiger partial charge in [-0.3, -0.25) is 0 Å². The van der Waals surface area contributed by atoms with Crippen molar-refractivity contribution in [3.8, 4) is 6.07 Å². The lowest BCUT2D eigenvalue weighted by atomic mass is 9.94. The Hall–Kier alpha value is -0.640. The first-order valence-electron chi connectivity index (χ1n) is 6.12. The predicted octanol–water partition coefficient (Wildman–Crippen LogP) is 1.44. The molecule has 1 fully saturated rings. The smallest absolute Gasteiger partial charge is 0.200 e. The minimum absolute atomic E-state index is 0.172. The van der Waals surface area contributed by atoms with Gasteiger partial charge in [-0.15, -0.1) is 0 Å². The number of hydrogen-bond acceptors (Lipinski definition) is 3. The van der Waals surface area contributed by atoms with Gasteiger partial charge in [0.15, 0.2) is 0 Å². The Morgan fingerprint density at radius 1 is 1.18 bits per heavy atom. The molecule has 0 aromatic rings. The maximum Gasteiger partial charge on any atom is 0.278 e. The van der Waals surface area contributed by atoms with Gasteiger partial charge in [0.2, 0.25) is 0 Å². The van der Waals surface area contributed by atoms with Gasteiger partial charge in [-0.05, 0) is 26.7 Å². The highest BCUT2D eigenvalue weighted by atomic mass is 32.2. The van der Waals surface area contributed by atoms with E-state index in [4.69, 9.17) is 0 Å². The number of rotatable bonds is 4. The maximum atomic E-state index is 11.8. The molecule has 2 N–H and O–H groups in total. The highest BCUT2D eigenvalue weighted by Crippen LogP contribution is 2.27. The molecule has 0 spiro atoms. The van der Waals surface area contributed by atoms with Gasteiger partial charge in [-0.25, -0.2) is 0 Å². The Morgan fingerprint density at radius 3 is 2.12 bits per heavy atom. The van der Waals surface area contributed by atoms with Crippen LogP contribution in [0.25, 0.3) is 0 Å². The predicted molar refractivity (Wildman–Crippen MR) is 66.4 cm³/mol. The lowest BCUT2D eigenvalue weighted by Gasteiger charge is -2.26. The summed E-state index contributed by atoms with van der Waals surface area (Å²) in [6.07, 6.45) is 5.14. The molecule has 0 aromatic carbocycles. The molecule has 6 heteroatoms. The van der Waals surface area contributed by atoms with Crippen molar-refractivity contribution in [1.29, 1.82) is 5.26 Å². The highest BCUT2D eigenvalue weighted by molar-refractivity contribution is 7.87. The van der Waals surface area contributed by atoms with Crippen molar-refractivity contribution < 1.29 is 8.42 Å². The molecule has 1 saturated carbocycles. The van der Waals surface area contributed by atoms with E-state index < -0.39 is 15.7 Å². The Bertz CT molecular complexity index is 376. The zero-order valence-corrected chi connectivity index (χ0v) is 11.3. The molecule has 0 bridgehead atoms. The average Bonchev–Trinajstić information content (AvgIpc) is 2.41. The van der Waals surface area contributed by atoms with Crippen LogP contribution in [0.2, 0.25) is 0 Å². The van der Waals surface area contributed by atoms with Crippen LogP contribution >= 0.6 is 0 Å². The summed E-state index contributed by atoms with van der Waals surface area (Å²) in [5, 5.41) is 9.26. The molecule has 17 heavy (non-hydrogen) atoms. The van der Waals surface area contributed by atoms with Gasteiger partial charge in [0.25, 0.3) is 10.2 Å². The Balaban J connectivity index is 2.78.